The highest BCUT2D eigenvalue weighted by Gasteiger charge is 2.21. The van der Waals surface area contributed by atoms with Crippen LogP contribution >= 0.6 is 11.6 Å². The van der Waals surface area contributed by atoms with E-state index in [1.807, 2.05) is 56.3 Å². The molecule has 0 radical (unpaired) electrons. The molecule has 1 amide bonds. The molecule has 4 rings (SSSR count). The van der Waals surface area contributed by atoms with Gasteiger partial charge in [-0.1, -0.05) is 88.7 Å². The van der Waals surface area contributed by atoms with Crippen molar-refractivity contribution in [2.45, 2.75) is 52.9 Å². The summed E-state index contributed by atoms with van der Waals surface area (Å²) in [5, 5.41) is 3.69. The third-order valence-corrected chi connectivity index (χ3v) is 6.67. The first-order chi connectivity index (χ1) is 17.6. The Kier molecular flexibility index (Phi) is 7.74. The normalized spacial score (nSPS) is 11.5. The Labute approximate surface area is 222 Å². The minimum atomic E-state index is -0.380. The number of nitrogens with one attached hydrogen (secondary N) is 1. The number of para-hydroxylation sites is 1. The number of halogens is 1. The van der Waals surface area contributed by atoms with E-state index in [1.165, 1.54) is 0 Å². The Morgan fingerprint density at radius 2 is 1.62 bits per heavy atom. The first-order valence-corrected chi connectivity index (χ1v) is 12.9. The lowest BCUT2D eigenvalue weighted by Crippen LogP contribution is -2.24. The van der Waals surface area contributed by atoms with E-state index in [9.17, 15) is 9.59 Å². The second kappa shape index (κ2) is 10.8. The van der Waals surface area contributed by atoms with Crippen molar-refractivity contribution in [3.05, 3.63) is 92.6 Å². The van der Waals surface area contributed by atoms with E-state index in [1.54, 1.807) is 18.2 Å². The maximum Gasteiger partial charge on any atom is 0.262 e. The van der Waals surface area contributed by atoms with Gasteiger partial charge in [0, 0.05) is 16.3 Å². The summed E-state index contributed by atoms with van der Waals surface area (Å²) in [6.45, 7) is 10.2. The monoisotopic (exact) mass is 517 g/mol. The number of fused-ring (bicyclic) bond motifs is 1. The van der Waals surface area contributed by atoms with Gasteiger partial charge in [-0.2, -0.15) is 0 Å². The molecule has 1 heterocycles. The summed E-state index contributed by atoms with van der Waals surface area (Å²) in [5.74, 6) is -0.0978. The SMILES string of the molecule is CCc1cccc(CC)c1NC(=O)COc1c(-c2ccc(C(C)(C)C)cc2)oc2ccc(Cl)cc2c1=O. The van der Waals surface area contributed by atoms with Gasteiger partial charge in [-0.3, -0.25) is 9.59 Å². The molecule has 0 spiro atoms. The van der Waals surface area contributed by atoms with E-state index in [4.69, 9.17) is 20.8 Å². The average Bonchev–Trinajstić information content (AvgIpc) is 2.88. The highest BCUT2D eigenvalue weighted by Crippen LogP contribution is 2.33. The summed E-state index contributed by atoms with van der Waals surface area (Å²) in [6, 6.07) is 18.7. The zero-order valence-electron chi connectivity index (χ0n) is 21.9. The number of carbonyl (C=O) groups is 1. The van der Waals surface area contributed by atoms with Crippen LogP contribution in [0.2, 0.25) is 5.02 Å². The van der Waals surface area contributed by atoms with Crippen molar-refractivity contribution in [2.24, 2.45) is 0 Å². The lowest BCUT2D eigenvalue weighted by molar-refractivity contribution is -0.118. The van der Waals surface area contributed by atoms with Gasteiger partial charge >= 0.3 is 0 Å². The van der Waals surface area contributed by atoms with Crippen LogP contribution in [0.5, 0.6) is 5.75 Å². The van der Waals surface area contributed by atoms with E-state index < -0.39 is 0 Å². The fourth-order valence-electron chi connectivity index (χ4n) is 4.31. The summed E-state index contributed by atoms with van der Waals surface area (Å²) < 4.78 is 12.0. The first kappa shape index (κ1) is 26.5. The maximum absolute atomic E-state index is 13.5. The van der Waals surface area contributed by atoms with Gasteiger partial charge in [0.05, 0.1) is 5.39 Å². The number of hydrogen-bond donors (Lipinski definition) is 1. The lowest BCUT2D eigenvalue weighted by Gasteiger charge is -2.19. The van der Waals surface area contributed by atoms with Crippen molar-refractivity contribution >= 4 is 34.2 Å². The van der Waals surface area contributed by atoms with Crippen molar-refractivity contribution in [1.82, 2.24) is 0 Å². The van der Waals surface area contributed by atoms with Crippen molar-refractivity contribution in [3.63, 3.8) is 0 Å². The van der Waals surface area contributed by atoms with Crippen LogP contribution in [0.4, 0.5) is 5.69 Å². The number of ether oxygens (including phenoxy) is 1. The number of anilines is 1. The fourth-order valence-corrected chi connectivity index (χ4v) is 4.48. The molecular formula is C31H32ClNO4. The van der Waals surface area contributed by atoms with Gasteiger partial charge in [0.1, 0.15) is 5.58 Å². The molecule has 0 aliphatic rings. The van der Waals surface area contributed by atoms with Gasteiger partial charge in [0.2, 0.25) is 11.2 Å². The molecular weight excluding hydrogens is 486 g/mol. The summed E-state index contributed by atoms with van der Waals surface area (Å²) in [5.41, 5.74) is 4.72. The molecule has 1 aromatic heterocycles. The van der Waals surface area contributed by atoms with Crippen molar-refractivity contribution in [2.75, 3.05) is 11.9 Å². The smallest absolute Gasteiger partial charge is 0.262 e. The van der Waals surface area contributed by atoms with E-state index in [0.717, 1.165) is 35.2 Å². The van der Waals surface area contributed by atoms with Crippen molar-refractivity contribution in [1.29, 1.82) is 0 Å². The molecule has 0 atom stereocenters. The number of rotatable bonds is 7. The Bertz CT molecular complexity index is 1470. The molecule has 0 fully saturated rings. The minimum Gasteiger partial charge on any atom is -0.476 e. The molecule has 0 unspecified atom stereocenters. The second-order valence-electron chi connectivity index (χ2n) is 10.1. The van der Waals surface area contributed by atoms with E-state index in [0.29, 0.717) is 21.6 Å². The zero-order chi connectivity index (χ0) is 26.7. The summed E-state index contributed by atoms with van der Waals surface area (Å²) >= 11 is 6.15. The predicted octanol–water partition coefficient (Wildman–Crippen LogP) is 7.55. The number of benzene rings is 3. The first-order valence-electron chi connectivity index (χ1n) is 12.5. The maximum atomic E-state index is 13.5. The molecule has 0 bridgehead atoms. The van der Waals surface area contributed by atoms with Crippen LogP contribution in [0.15, 0.2) is 69.9 Å². The van der Waals surface area contributed by atoms with Gasteiger partial charge in [0.25, 0.3) is 5.91 Å². The third-order valence-electron chi connectivity index (χ3n) is 6.43. The Morgan fingerprint density at radius 3 is 2.22 bits per heavy atom. The van der Waals surface area contributed by atoms with Gasteiger partial charge in [-0.05, 0) is 53.1 Å². The van der Waals surface area contributed by atoms with Crippen LogP contribution in [0.25, 0.3) is 22.3 Å². The fraction of sp³-hybridized carbons (Fsp3) is 0.290. The van der Waals surface area contributed by atoms with Crippen molar-refractivity contribution in [3.8, 4) is 17.1 Å². The molecule has 0 saturated carbocycles. The average molecular weight is 518 g/mol. The van der Waals surface area contributed by atoms with E-state index >= 15 is 0 Å². The topological polar surface area (TPSA) is 68.5 Å². The number of hydrogen-bond acceptors (Lipinski definition) is 4. The van der Waals surface area contributed by atoms with Crippen molar-refractivity contribution < 1.29 is 13.9 Å². The lowest BCUT2D eigenvalue weighted by atomic mass is 9.86. The Hall–Kier alpha value is -3.57. The molecule has 1 N–H and O–H groups in total. The predicted molar refractivity (Wildman–Crippen MR) is 151 cm³/mol. The van der Waals surface area contributed by atoms with Gasteiger partial charge in [0.15, 0.2) is 12.4 Å². The van der Waals surface area contributed by atoms with Gasteiger partial charge in [-0.15, -0.1) is 0 Å². The molecule has 192 valence electrons. The van der Waals surface area contributed by atoms with Crippen LogP contribution in [0.1, 0.15) is 51.3 Å². The molecule has 4 aromatic rings. The Balaban J connectivity index is 1.71. The molecule has 5 nitrogen and oxygen atoms in total. The molecule has 0 aliphatic heterocycles. The van der Waals surface area contributed by atoms with Crippen LogP contribution in [-0.2, 0) is 23.1 Å². The van der Waals surface area contributed by atoms with Gasteiger partial charge in [-0.25, -0.2) is 0 Å². The molecule has 6 heteroatoms. The summed E-state index contributed by atoms with van der Waals surface area (Å²) in [4.78, 5) is 26.5. The zero-order valence-corrected chi connectivity index (χ0v) is 22.7. The number of amides is 1. The summed E-state index contributed by atoms with van der Waals surface area (Å²) in [6.07, 6.45) is 1.57. The molecule has 0 aliphatic carbocycles. The summed E-state index contributed by atoms with van der Waals surface area (Å²) in [7, 11) is 0. The standard InChI is InChI=1S/C31H32ClNO4/c1-6-19-9-8-10-20(7-2)27(19)33-26(34)18-36-30-28(35)24-17-23(32)15-16-25(24)37-29(30)21-11-13-22(14-12-21)31(3,4)5/h8-17H,6-7,18H2,1-5H3,(H,33,34). The van der Waals surface area contributed by atoms with Crippen LogP contribution < -0.4 is 15.5 Å². The van der Waals surface area contributed by atoms with Crippen LogP contribution in [-0.4, -0.2) is 12.5 Å². The Morgan fingerprint density at radius 1 is 0.973 bits per heavy atom. The second-order valence-corrected chi connectivity index (χ2v) is 10.5. The molecule has 3 aromatic carbocycles. The van der Waals surface area contributed by atoms with E-state index in [2.05, 4.69) is 26.1 Å². The number of carbonyl (C=O) groups excluding carboxylic acids is 1. The minimum absolute atomic E-state index is 0.0204. The van der Waals surface area contributed by atoms with E-state index in [-0.39, 0.29) is 34.9 Å². The largest absolute Gasteiger partial charge is 0.476 e. The number of aryl methyl sites for hydroxylation is 2. The van der Waals surface area contributed by atoms with Gasteiger partial charge < -0.3 is 14.5 Å². The highest BCUT2D eigenvalue weighted by atomic mass is 35.5. The molecule has 0 saturated heterocycles. The quantitative estimate of drug-likeness (QED) is 0.275. The van der Waals surface area contributed by atoms with Crippen LogP contribution in [0.3, 0.4) is 0 Å². The molecule has 37 heavy (non-hydrogen) atoms. The third kappa shape index (κ3) is 5.72. The highest BCUT2D eigenvalue weighted by molar-refractivity contribution is 6.31. The van der Waals surface area contributed by atoms with Crippen LogP contribution in [0, 0.1) is 0 Å².